The van der Waals surface area contributed by atoms with Gasteiger partial charge in [-0.05, 0) is 13.3 Å². The van der Waals surface area contributed by atoms with Gasteiger partial charge in [-0.2, -0.15) is 0 Å². The van der Waals surface area contributed by atoms with Crippen molar-refractivity contribution in [3.63, 3.8) is 0 Å². The van der Waals surface area contributed by atoms with Gasteiger partial charge < -0.3 is 10.5 Å². The first-order chi connectivity index (χ1) is 6.29. The average molecular weight is 179 g/mol. The summed E-state index contributed by atoms with van der Waals surface area (Å²) in [6.45, 7) is 3.71. The van der Waals surface area contributed by atoms with E-state index in [-0.39, 0.29) is 0 Å². The number of aryl methyl sites for hydroxylation is 1. The smallest absolute Gasteiger partial charge is 0.0618 e. The Morgan fingerprint density at radius 2 is 2.00 bits per heavy atom. The van der Waals surface area contributed by atoms with Crippen LogP contribution in [0.2, 0.25) is 0 Å². The summed E-state index contributed by atoms with van der Waals surface area (Å²) >= 11 is 0. The highest BCUT2D eigenvalue weighted by Gasteiger charge is 2.08. The summed E-state index contributed by atoms with van der Waals surface area (Å²) in [5, 5.41) is 0. The van der Waals surface area contributed by atoms with Crippen LogP contribution in [0.5, 0.6) is 0 Å². The highest BCUT2D eigenvalue weighted by molar-refractivity contribution is 5.11. The van der Waals surface area contributed by atoms with E-state index in [0.717, 1.165) is 19.6 Å². The van der Waals surface area contributed by atoms with Crippen molar-refractivity contribution in [1.82, 2.24) is 0 Å². The number of benzene rings is 1. The first-order valence-corrected chi connectivity index (χ1v) is 4.64. The fourth-order valence-corrected chi connectivity index (χ4v) is 1.09. The summed E-state index contributed by atoms with van der Waals surface area (Å²) in [7, 11) is 0. The van der Waals surface area contributed by atoms with Crippen LogP contribution in [0.4, 0.5) is 0 Å². The maximum absolute atomic E-state index is 5.41. The van der Waals surface area contributed by atoms with E-state index >= 15 is 0 Å². The minimum Gasteiger partial charge on any atom is -0.380 e. The lowest BCUT2D eigenvalue weighted by Crippen LogP contribution is -2.18. The minimum atomic E-state index is 0.324. The first-order valence-electron chi connectivity index (χ1n) is 4.64. The zero-order valence-electron chi connectivity index (χ0n) is 8.07. The van der Waals surface area contributed by atoms with Crippen LogP contribution in [0.25, 0.3) is 0 Å². The largest absolute Gasteiger partial charge is 0.380 e. The predicted molar refractivity (Wildman–Crippen MR) is 54.6 cm³/mol. The molecule has 1 fully saturated rings. The van der Waals surface area contributed by atoms with Crippen LogP contribution in [0.3, 0.4) is 0 Å². The molecule has 72 valence electrons. The SMILES string of the molecule is Cc1ccccc1.NC1CCOC1. The van der Waals surface area contributed by atoms with Gasteiger partial charge in [0.25, 0.3) is 0 Å². The minimum absolute atomic E-state index is 0.324. The summed E-state index contributed by atoms with van der Waals surface area (Å²) in [5.41, 5.74) is 6.73. The molecule has 1 aliphatic heterocycles. The molecule has 2 rings (SSSR count). The molecule has 0 saturated carbocycles. The molecular formula is C11H17NO. The topological polar surface area (TPSA) is 35.2 Å². The Morgan fingerprint density at radius 3 is 2.23 bits per heavy atom. The Balaban J connectivity index is 0.000000132. The summed E-state index contributed by atoms with van der Waals surface area (Å²) in [6, 6.07) is 10.6. The molecule has 1 heterocycles. The molecule has 1 aromatic rings. The molecule has 1 unspecified atom stereocenters. The molecule has 1 atom stereocenters. The number of hydrogen-bond acceptors (Lipinski definition) is 2. The molecule has 1 saturated heterocycles. The van der Waals surface area contributed by atoms with Gasteiger partial charge in [-0.3, -0.25) is 0 Å². The van der Waals surface area contributed by atoms with Gasteiger partial charge in [0.2, 0.25) is 0 Å². The predicted octanol–water partition coefficient (Wildman–Crippen LogP) is 1.73. The summed E-state index contributed by atoms with van der Waals surface area (Å²) in [6.07, 6.45) is 1.04. The third-order valence-electron chi connectivity index (χ3n) is 1.91. The molecular weight excluding hydrogens is 162 g/mol. The van der Waals surface area contributed by atoms with E-state index in [2.05, 4.69) is 19.1 Å². The normalized spacial score (nSPS) is 20.6. The summed E-state index contributed by atoms with van der Waals surface area (Å²) < 4.78 is 4.93. The number of rotatable bonds is 0. The van der Waals surface area contributed by atoms with E-state index in [1.807, 2.05) is 18.2 Å². The van der Waals surface area contributed by atoms with Crippen LogP contribution in [0, 0.1) is 6.92 Å². The van der Waals surface area contributed by atoms with Crippen molar-refractivity contribution in [3.8, 4) is 0 Å². The first kappa shape index (κ1) is 10.2. The molecule has 0 aliphatic carbocycles. The highest BCUT2D eigenvalue weighted by Crippen LogP contribution is 1.98. The van der Waals surface area contributed by atoms with Crippen LogP contribution < -0.4 is 5.73 Å². The lowest BCUT2D eigenvalue weighted by molar-refractivity contribution is 0.194. The Morgan fingerprint density at radius 1 is 1.31 bits per heavy atom. The Bertz CT molecular complexity index is 217. The van der Waals surface area contributed by atoms with E-state index in [4.69, 9.17) is 10.5 Å². The van der Waals surface area contributed by atoms with Gasteiger partial charge in [-0.15, -0.1) is 0 Å². The van der Waals surface area contributed by atoms with E-state index < -0.39 is 0 Å². The van der Waals surface area contributed by atoms with E-state index in [9.17, 15) is 0 Å². The van der Waals surface area contributed by atoms with Gasteiger partial charge in [0.1, 0.15) is 0 Å². The van der Waals surface area contributed by atoms with Crippen molar-refractivity contribution in [2.45, 2.75) is 19.4 Å². The van der Waals surface area contributed by atoms with Crippen molar-refractivity contribution in [3.05, 3.63) is 35.9 Å². The third kappa shape index (κ3) is 4.65. The van der Waals surface area contributed by atoms with Gasteiger partial charge >= 0.3 is 0 Å². The van der Waals surface area contributed by atoms with Crippen LogP contribution in [-0.4, -0.2) is 19.3 Å². The van der Waals surface area contributed by atoms with Gasteiger partial charge in [-0.25, -0.2) is 0 Å². The standard InChI is InChI=1S/C7H8.C4H9NO/c1-7-5-3-2-4-6-7;5-4-1-2-6-3-4/h2-6H,1H3;4H,1-3,5H2. The van der Waals surface area contributed by atoms with Crippen molar-refractivity contribution in [2.75, 3.05) is 13.2 Å². The molecule has 2 nitrogen and oxygen atoms in total. The fourth-order valence-electron chi connectivity index (χ4n) is 1.09. The van der Waals surface area contributed by atoms with Crippen molar-refractivity contribution in [1.29, 1.82) is 0 Å². The van der Waals surface area contributed by atoms with Crippen molar-refractivity contribution < 1.29 is 4.74 Å². The van der Waals surface area contributed by atoms with Crippen LogP contribution in [0.1, 0.15) is 12.0 Å². The van der Waals surface area contributed by atoms with Gasteiger partial charge in [0.05, 0.1) is 6.61 Å². The molecule has 2 heteroatoms. The summed E-state index contributed by atoms with van der Waals surface area (Å²) in [5.74, 6) is 0. The lowest BCUT2D eigenvalue weighted by atomic mass is 10.2. The molecule has 0 spiro atoms. The molecule has 1 aromatic carbocycles. The maximum Gasteiger partial charge on any atom is 0.0618 e. The van der Waals surface area contributed by atoms with Crippen LogP contribution >= 0.6 is 0 Å². The van der Waals surface area contributed by atoms with Crippen molar-refractivity contribution in [2.24, 2.45) is 5.73 Å². The molecule has 2 N–H and O–H groups in total. The zero-order valence-corrected chi connectivity index (χ0v) is 8.07. The zero-order chi connectivity index (χ0) is 9.52. The monoisotopic (exact) mass is 179 g/mol. The van der Waals surface area contributed by atoms with Gasteiger partial charge in [0, 0.05) is 12.6 Å². The number of hydrogen-bond donors (Lipinski definition) is 1. The Hall–Kier alpha value is -0.860. The quantitative estimate of drug-likeness (QED) is 0.658. The van der Waals surface area contributed by atoms with Crippen molar-refractivity contribution >= 4 is 0 Å². The van der Waals surface area contributed by atoms with Crippen LogP contribution in [-0.2, 0) is 4.74 Å². The second-order valence-electron chi connectivity index (χ2n) is 3.28. The molecule has 0 aromatic heterocycles. The average Bonchev–Trinajstić information content (AvgIpc) is 2.58. The van der Waals surface area contributed by atoms with E-state index in [0.29, 0.717) is 6.04 Å². The second-order valence-corrected chi connectivity index (χ2v) is 3.28. The summed E-state index contributed by atoms with van der Waals surface area (Å²) in [4.78, 5) is 0. The third-order valence-corrected chi connectivity index (χ3v) is 1.91. The Labute approximate surface area is 79.7 Å². The lowest BCUT2D eigenvalue weighted by Gasteiger charge is -1.90. The number of ether oxygens (including phenoxy) is 1. The fraction of sp³-hybridized carbons (Fsp3) is 0.455. The molecule has 0 bridgehead atoms. The van der Waals surface area contributed by atoms with E-state index in [1.54, 1.807) is 0 Å². The van der Waals surface area contributed by atoms with Gasteiger partial charge in [0.15, 0.2) is 0 Å². The molecule has 13 heavy (non-hydrogen) atoms. The maximum atomic E-state index is 5.41. The molecule has 1 aliphatic rings. The Kier molecular flexibility index (Phi) is 4.50. The van der Waals surface area contributed by atoms with Crippen LogP contribution in [0.15, 0.2) is 30.3 Å². The van der Waals surface area contributed by atoms with Gasteiger partial charge in [-0.1, -0.05) is 35.9 Å². The molecule has 0 amide bonds. The highest BCUT2D eigenvalue weighted by atomic mass is 16.5. The molecule has 0 radical (unpaired) electrons. The van der Waals surface area contributed by atoms with E-state index in [1.165, 1.54) is 5.56 Å². The second kappa shape index (κ2) is 5.73. The number of nitrogens with two attached hydrogens (primary N) is 1.